The highest BCUT2D eigenvalue weighted by Crippen LogP contribution is 2.28. The number of nitrogens with two attached hydrogens (primary N) is 1. The van der Waals surface area contributed by atoms with Crippen LogP contribution in [-0.4, -0.2) is 27.7 Å². The molecule has 3 aromatic rings. The van der Waals surface area contributed by atoms with E-state index in [1.165, 1.54) is 0 Å². The van der Waals surface area contributed by atoms with Crippen LogP contribution < -0.4 is 10.5 Å². The van der Waals surface area contributed by atoms with Gasteiger partial charge in [0.05, 0.1) is 0 Å². The first-order valence-electron chi connectivity index (χ1n) is 9.19. The average Bonchev–Trinajstić information content (AvgIpc) is 2.90. The van der Waals surface area contributed by atoms with Crippen molar-refractivity contribution in [1.29, 1.82) is 0 Å². The van der Waals surface area contributed by atoms with Crippen molar-refractivity contribution in [3.63, 3.8) is 0 Å². The number of carboxylic acids is 1. The van der Waals surface area contributed by atoms with Crippen LogP contribution in [-0.2, 0) is 11.3 Å². The molecule has 0 aliphatic rings. The van der Waals surface area contributed by atoms with Gasteiger partial charge in [0.25, 0.3) is 0 Å². The van der Waals surface area contributed by atoms with E-state index in [4.69, 9.17) is 10.5 Å². The van der Waals surface area contributed by atoms with Gasteiger partial charge in [0, 0.05) is 28.7 Å². The number of carboxylic acid groups (broad SMARTS) is 1. The maximum Gasteiger partial charge on any atom is 0.344 e. The molecule has 1 amide bonds. The largest absolute Gasteiger partial charge is 0.479 e. The summed E-state index contributed by atoms with van der Waals surface area (Å²) in [4.78, 5) is 22.7. The summed E-state index contributed by atoms with van der Waals surface area (Å²) in [6.07, 6.45) is -0.471. The monoisotopic (exact) mass is 380 g/mol. The lowest BCUT2D eigenvalue weighted by atomic mass is 10.1. The Morgan fingerprint density at radius 1 is 1.18 bits per heavy atom. The first-order valence-corrected chi connectivity index (χ1v) is 9.19. The number of aromatic nitrogens is 1. The zero-order valence-electron chi connectivity index (χ0n) is 16.2. The van der Waals surface area contributed by atoms with Crippen LogP contribution in [0.5, 0.6) is 5.75 Å². The number of aryl methyl sites for hydroxylation is 1. The van der Waals surface area contributed by atoms with Crippen LogP contribution in [0.1, 0.15) is 40.5 Å². The lowest BCUT2D eigenvalue weighted by molar-refractivity contribution is -0.145. The van der Waals surface area contributed by atoms with E-state index < -0.39 is 18.0 Å². The number of primary amides is 1. The third kappa shape index (κ3) is 3.71. The van der Waals surface area contributed by atoms with Gasteiger partial charge in [-0.05, 0) is 61.7 Å². The van der Waals surface area contributed by atoms with E-state index in [1.54, 1.807) is 19.1 Å². The first-order chi connectivity index (χ1) is 13.3. The molecule has 0 saturated carbocycles. The molecule has 3 rings (SSSR count). The lowest BCUT2D eigenvalue weighted by Crippen LogP contribution is -2.25. The van der Waals surface area contributed by atoms with Crippen LogP contribution in [0.4, 0.5) is 0 Å². The van der Waals surface area contributed by atoms with Crippen molar-refractivity contribution in [2.45, 2.75) is 39.8 Å². The van der Waals surface area contributed by atoms with Crippen LogP contribution in [0.25, 0.3) is 10.9 Å². The summed E-state index contributed by atoms with van der Waals surface area (Å²) in [5, 5.41) is 10.2. The van der Waals surface area contributed by atoms with E-state index in [9.17, 15) is 14.7 Å². The van der Waals surface area contributed by atoms with E-state index in [2.05, 4.69) is 4.57 Å². The fourth-order valence-electron chi connectivity index (χ4n) is 3.38. The number of benzene rings is 2. The van der Waals surface area contributed by atoms with Crippen LogP contribution >= 0.6 is 0 Å². The average molecular weight is 380 g/mol. The standard InChI is InChI=1S/C22H24N2O4/c1-4-20(22(26)27)28-17-7-5-6-15(10-17)12-24-14(3)13(2)18-11-16(21(23)25)8-9-19(18)24/h5-11,20H,4,12H2,1-3H3,(H2,23,25)(H,26,27). The second-order valence-corrected chi connectivity index (χ2v) is 6.89. The third-order valence-corrected chi connectivity index (χ3v) is 5.09. The van der Waals surface area contributed by atoms with Crippen molar-refractivity contribution in [1.82, 2.24) is 4.57 Å². The molecule has 6 heteroatoms. The van der Waals surface area contributed by atoms with Crippen molar-refractivity contribution in [2.75, 3.05) is 0 Å². The fourth-order valence-corrected chi connectivity index (χ4v) is 3.38. The molecule has 146 valence electrons. The van der Waals surface area contributed by atoms with E-state index in [-0.39, 0.29) is 0 Å². The number of carbonyl (C=O) groups is 2. The highest BCUT2D eigenvalue weighted by atomic mass is 16.5. The number of hydrogen-bond donors (Lipinski definition) is 2. The molecule has 0 radical (unpaired) electrons. The van der Waals surface area contributed by atoms with E-state index in [1.807, 2.05) is 44.2 Å². The van der Waals surface area contributed by atoms with Gasteiger partial charge in [-0.25, -0.2) is 4.79 Å². The molecule has 0 aliphatic heterocycles. The normalized spacial score (nSPS) is 12.1. The van der Waals surface area contributed by atoms with Crippen molar-refractivity contribution in [3.8, 4) is 5.75 Å². The molecule has 0 fully saturated rings. The minimum absolute atomic E-state index is 0.391. The number of rotatable bonds is 7. The first kappa shape index (κ1) is 19.5. The summed E-state index contributed by atoms with van der Waals surface area (Å²) in [7, 11) is 0. The Hall–Kier alpha value is -3.28. The van der Waals surface area contributed by atoms with Crippen LogP contribution in [0.3, 0.4) is 0 Å². The van der Waals surface area contributed by atoms with E-state index in [0.717, 1.165) is 27.7 Å². The van der Waals surface area contributed by atoms with Crippen molar-refractivity contribution in [2.24, 2.45) is 5.73 Å². The summed E-state index contributed by atoms with van der Waals surface area (Å²) in [5.74, 6) is -0.880. The Morgan fingerprint density at radius 3 is 2.57 bits per heavy atom. The number of amides is 1. The maximum absolute atomic E-state index is 11.5. The van der Waals surface area contributed by atoms with E-state index in [0.29, 0.717) is 24.3 Å². The van der Waals surface area contributed by atoms with Gasteiger partial charge in [-0.3, -0.25) is 4.79 Å². The Bertz CT molecular complexity index is 1050. The third-order valence-electron chi connectivity index (χ3n) is 5.09. The molecule has 2 aromatic carbocycles. The molecule has 1 aromatic heterocycles. The van der Waals surface area contributed by atoms with Gasteiger partial charge in [0.2, 0.25) is 5.91 Å². The van der Waals surface area contributed by atoms with Gasteiger partial charge in [-0.1, -0.05) is 19.1 Å². The number of carbonyl (C=O) groups excluding carboxylic acids is 1. The van der Waals surface area contributed by atoms with Gasteiger partial charge < -0.3 is 20.1 Å². The van der Waals surface area contributed by atoms with E-state index >= 15 is 0 Å². The van der Waals surface area contributed by atoms with Gasteiger partial charge in [-0.2, -0.15) is 0 Å². The van der Waals surface area contributed by atoms with Gasteiger partial charge in [-0.15, -0.1) is 0 Å². The smallest absolute Gasteiger partial charge is 0.344 e. The van der Waals surface area contributed by atoms with Crippen LogP contribution in [0.2, 0.25) is 0 Å². The predicted molar refractivity (Wildman–Crippen MR) is 108 cm³/mol. The molecule has 3 N–H and O–H groups in total. The quantitative estimate of drug-likeness (QED) is 0.654. The molecule has 1 unspecified atom stereocenters. The minimum Gasteiger partial charge on any atom is -0.479 e. The zero-order valence-corrected chi connectivity index (χ0v) is 16.2. The number of ether oxygens (including phenoxy) is 1. The number of hydrogen-bond acceptors (Lipinski definition) is 3. The van der Waals surface area contributed by atoms with Gasteiger partial charge in [0.15, 0.2) is 6.10 Å². The SMILES string of the molecule is CCC(Oc1cccc(Cn2c(C)c(C)c3cc(C(N)=O)ccc32)c1)C(=O)O. The Kier molecular flexibility index (Phi) is 5.40. The minimum atomic E-state index is -0.971. The molecular formula is C22H24N2O4. The summed E-state index contributed by atoms with van der Waals surface area (Å²) in [5.41, 5.74) is 10.1. The number of nitrogens with zero attached hydrogens (tertiary/aromatic N) is 1. The zero-order chi connectivity index (χ0) is 20.4. The Morgan fingerprint density at radius 2 is 1.93 bits per heavy atom. The Balaban J connectivity index is 1.95. The molecule has 0 bridgehead atoms. The van der Waals surface area contributed by atoms with Crippen LogP contribution in [0, 0.1) is 13.8 Å². The lowest BCUT2D eigenvalue weighted by Gasteiger charge is -2.15. The van der Waals surface area contributed by atoms with Crippen molar-refractivity contribution < 1.29 is 19.4 Å². The summed E-state index contributed by atoms with van der Waals surface area (Å²) in [6.45, 7) is 6.45. The predicted octanol–water partition coefficient (Wildman–Crippen LogP) is 3.65. The van der Waals surface area contributed by atoms with Gasteiger partial charge in [0.1, 0.15) is 5.75 Å². The fraction of sp³-hybridized carbons (Fsp3) is 0.273. The summed E-state index contributed by atoms with van der Waals surface area (Å²) < 4.78 is 7.78. The molecule has 0 aliphatic carbocycles. The molecule has 1 atom stereocenters. The second kappa shape index (κ2) is 7.76. The maximum atomic E-state index is 11.5. The van der Waals surface area contributed by atoms with Crippen molar-refractivity contribution in [3.05, 3.63) is 64.8 Å². The van der Waals surface area contributed by atoms with Crippen molar-refractivity contribution >= 4 is 22.8 Å². The molecule has 0 spiro atoms. The molecule has 0 saturated heterocycles. The molecule has 1 heterocycles. The molecule has 6 nitrogen and oxygen atoms in total. The summed E-state index contributed by atoms with van der Waals surface area (Å²) >= 11 is 0. The topological polar surface area (TPSA) is 94.5 Å². The van der Waals surface area contributed by atoms with Crippen LogP contribution in [0.15, 0.2) is 42.5 Å². The van der Waals surface area contributed by atoms with Gasteiger partial charge >= 0.3 is 5.97 Å². The second-order valence-electron chi connectivity index (χ2n) is 6.89. The summed E-state index contributed by atoms with van der Waals surface area (Å²) in [6, 6.07) is 12.9. The Labute approximate surface area is 163 Å². The highest BCUT2D eigenvalue weighted by molar-refractivity contribution is 5.98. The molecular weight excluding hydrogens is 356 g/mol. The number of aliphatic carboxylic acids is 1. The number of fused-ring (bicyclic) bond motifs is 1. The highest BCUT2D eigenvalue weighted by Gasteiger charge is 2.17. The molecule has 28 heavy (non-hydrogen) atoms.